The second-order valence-corrected chi connectivity index (χ2v) is 8.54. The molecule has 30 heavy (non-hydrogen) atoms. The Morgan fingerprint density at radius 3 is 2.20 bits per heavy atom. The number of carbonyl (C=O) groups is 2. The van der Waals surface area contributed by atoms with Crippen molar-refractivity contribution in [3.63, 3.8) is 0 Å². The normalized spacial score (nSPS) is 24.9. The first kappa shape index (κ1) is 20.7. The molecule has 0 saturated carbocycles. The highest BCUT2D eigenvalue weighted by molar-refractivity contribution is 8.02. The maximum atomic E-state index is 12.6. The Morgan fingerprint density at radius 1 is 1.07 bits per heavy atom. The van der Waals surface area contributed by atoms with Gasteiger partial charge in [0, 0.05) is 19.1 Å². The molecule has 0 aromatic heterocycles. The number of rotatable bonds is 4. The molecule has 0 spiro atoms. The summed E-state index contributed by atoms with van der Waals surface area (Å²) in [7, 11) is 1.40. The summed E-state index contributed by atoms with van der Waals surface area (Å²) >= 11 is 1.56. The Kier molecular flexibility index (Phi) is 5.97. The van der Waals surface area contributed by atoms with E-state index in [0.717, 1.165) is 16.7 Å². The van der Waals surface area contributed by atoms with E-state index in [9.17, 15) is 9.59 Å². The number of amides is 1. The van der Waals surface area contributed by atoms with Crippen molar-refractivity contribution < 1.29 is 19.1 Å². The molecule has 0 aliphatic carbocycles. The fourth-order valence-electron chi connectivity index (χ4n) is 4.41. The number of fused-ring (bicyclic) bond motifs is 1. The van der Waals surface area contributed by atoms with Gasteiger partial charge in [-0.2, -0.15) is 0 Å². The van der Waals surface area contributed by atoms with Crippen LogP contribution in [-0.2, 0) is 24.7 Å². The molecule has 2 heterocycles. The van der Waals surface area contributed by atoms with Crippen LogP contribution in [0.25, 0.3) is 0 Å². The number of thioether (sulfide) groups is 1. The predicted molar refractivity (Wildman–Crippen MR) is 117 cm³/mol. The molecule has 6 heteroatoms. The zero-order valence-electron chi connectivity index (χ0n) is 17.0. The predicted octanol–water partition coefficient (Wildman–Crippen LogP) is 3.64. The number of benzene rings is 2. The molecule has 2 aromatic carbocycles. The molecular weight excluding hydrogens is 398 g/mol. The zero-order chi connectivity index (χ0) is 21.1. The van der Waals surface area contributed by atoms with E-state index in [1.165, 1.54) is 14.0 Å². The number of esters is 1. The molecule has 1 saturated heterocycles. The Morgan fingerprint density at radius 2 is 1.67 bits per heavy atom. The van der Waals surface area contributed by atoms with Crippen LogP contribution in [0.3, 0.4) is 0 Å². The van der Waals surface area contributed by atoms with Gasteiger partial charge in [-0.15, -0.1) is 11.8 Å². The van der Waals surface area contributed by atoms with Crippen molar-refractivity contribution in [2.24, 2.45) is 5.92 Å². The summed E-state index contributed by atoms with van der Waals surface area (Å²) in [5.74, 6) is -0.269. The first-order valence-corrected chi connectivity index (χ1v) is 11.1. The van der Waals surface area contributed by atoms with E-state index in [4.69, 9.17) is 9.47 Å². The van der Waals surface area contributed by atoms with Gasteiger partial charge in [0.2, 0.25) is 5.91 Å². The lowest BCUT2D eigenvalue weighted by atomic mass is 9.74. The monoisotopic (exact) mass is 423 g/mol. The molecule has 2 aromatic rings. The molecule has 1 amide bonds. The van der Waals surface area contributed by atoms with Gasteiger partial charge in [-0.3, -0.25) is 9.59 Å². The van der Waals surface area contributed by atoms with E-state index in [0.29, 0.717) is 12.2 Å². The number of ether oxygens (including phenoxy) is 2. The van der Waals surface area contributed by atoms with Crippen LogP contribution in [0.1, 0.15) is 24.5 Å². The maximum absolute atomic E-state index is 12.6. The molecule has 3 atom stereocenters. The summed E-state index contributed by atoms with van der Waals surface area (Å²) in [6, 6.07) is 19.8. The van der Waals surface area contributed by atoms with Crippen LogP contribution in [0.4, 0.5) is 0 Å². The van der Waals surface area contributed by atoms with Crippen LogP contribution in [-0.4, -0.2) is 36.9 Å². The first-order chi connectivity index (χ1) is 14.5. The lowest BCUT2D eigenvalue weighted by molar-refractivity contribution is -0.158. The molecule has 2 aliphatic heterocycles. The molecule has 0 radical (unpaired) electrons. The highest BCUT2D eigenvalue weighted by Gasteiger charge is 2.51. The van der Waals surface area contributed by atoms with Crippen molar-refractivity contribution in [1.82, 2.24) is 5.32 Å². The standard InChI is InChI=1S/C24H25NO4S/c1-16(26)25-21-13-24(17-9-5-3-6-10-17,18-11-7-4-8-12-18)29-22-19(21)14-30-15-20(22)23(27)28-2/h3-12,14,20-22H,13,15H2,1-2H3,(H,25,26)/t20-,21-,22+/m0/s1. The Labute approximate surface area is 180 Å². The van der Waals surface area contributed by atoms with Crippen LogP contribution in [0.5, 0.6) is 0 Å². The minimum Gasteiger partial charge on any atom is -0.469 e. The fraction of sp³-hybridized carbons (Fsp3) is 0.333. The third-order valence-electron chi connectivity index (χ3n) is 5.77. The van der Waals surface area contributed by atoms with Crippen molar-refractivity contribution in [2.75, 3.05) is 12.9 Å². The number of nitrogens with one attached hydrogen (secondary N) is 1. The molecule has 0 bridgehead atoms. The minimum atomic E-state index is -0.800. The van der Waals surface area contributed by atoms with Crippen molar-refractivity contribution in [2.45, 2.75) is 31.1 Å². The smallest absolute Gasteiger partial charge is 0.312 e. The number of hydrogen-bond donors (Lipinski definition) is 1. The maximum Gasteiger partial charge on any atom is 0.312 e. The van der Waals surface area contributed by atoms with Crippen LogP contribution >= 0.6 is 11.8 Å². The van der Waals surface area contributed by atoms with Crippen molar-refractivity contribution in [1.29, 1.82) is 0 Å². The van der Waals surface area contributed by atoms with Crippen molar-refractivity contribution in [3.8, 4) is 0 Å². The largest absolute Gasteiger partial charge is 0.469 e. The highest BCUT2D eigenvalue weighted by Crippen LogP contribution is 2.48. The molecule has 2 aliphatic rings. The summed E-state index contributed by atoms with van der Waals surface area (Å²) in [6.07, 6.45) is 0.0573. The van der Waals surface area contributed by atoms with Crippen LogP contribution in [0, 0.1) is 5.92 Å². The van der Waals surface area contributed by atoms with Crippen LogP contribution in [0.15, 0.2) is 71.6 Å². The van der Waals surface area contributed by atoms with Gasteiger partial charge >= 0.3 is 5.97 Å². The third kappa shape index (κ3) is 3.77. The molecule has 156 valence electrons. The quantitative estimate of drug-likeness (QED) is 0.761. The number of hydrogen-bond acceptors (Lipinski definition) is 5. The summed E-state index contributed by atoms with van der Waals surface area (Å²) < 4.78 is 12.0. The van der Waals surface area contributed by atoms with Gasteiger partial charge in [0.05, 0.1) is 25.2 Å². The average Bonchev–Trinajstić information content (AvgIpc) is 2.79. The molecule has 1 N–H and O–H groups in total. The van der Waals surface area contributed by atoms with E-state index < -0.39 is 17.6 Å². The van der Waals surface area contributed by atoms with E-state index in [2.05, 4.69) is 5.32 Å². The summed E-state index contributed by atoms with van der Waals surface area (Å²) in [5.41, 5.74) is 2.12. The second kappa shape index (κ2) is 8.66. The topological polar surface area (TPSA) is 64.6 Å². The van der Waals surface area contributed by atoms with E-state index in [1.807, 2.05) is 66.1 Å². The Bertz CT molecular complexity index is 905. The number of methoxy groups -OCH3 is 1. The second-order valence-electron chi connectivity index (χ2n) is 7.64. The minimum absolute atomic E-state index is 0.109. The molecular formula is C24H25NO4S. The highest BCUT2D eigenvalue weighted by atomic mass is 32.2. The lowest BCUT2D eigenvalue weighted by Gasteiger charge is -2.49. The average molecular weight is 424 g/mol. The fourth-order valence-corrected chi connectivity index (χ4v) is 5.52. The van der Waals surface area contributed by atoms with Gasteiger partial charge in [-0.05, 0) is 22.1 Å². The van der Waals surface area contributed by atoms with E-state index in [-0.39, 0.29) is 17.9 Å². The van der Waals surface area contributed by atoms with Crippen molar-refractivity contribution >= 4 is 23.6 Å². The lowest BCUT2D eigenvalue weighted by Crippen LogP contribution is -2.56. The SMILES string of the molecule is COC(=O)[C@H]1CSC=C2[C@@H](NC(C)=O)CC(c3ccccc3)(c3ccccc3)O[C@H]21. The molecule has 1 fully saturated rings. The first-order valence-electron chi connectivity index (χ1n) is 10.0. The Hall–Kier alpha value is -2.57. The summed E-state index contributed by atoms with van der Waals surface area (Å²) in [6.45, 7) is 1.52. The van der Waals surface area contributed by atoms with Gasteiger partial charge in [-0.1, -0.05) is 60.7 Å². The van der Waals surface area contributed by atoms with Gasteiger partial charge in [0.25, 0.3) is 0 Å². The Balaban J connectivity index is 1.88. The van der Waals surface area contributed by atoms with E-state index in [1.54, 1.807) is 11.8 Å². The molecule has 0 unspecified atom stereocenters. The van der Waals surface area contributed by atoms with Crippen LogP contribution in [0.2, 0.25) is 0 Å². The van der Waals surface area contributed by atoms with Gasteiger partial charge in [0.15, 0.2) is 0 Å². The molecule has 5 nitrogen and oxygen atoms in total. The van der Waals surface area contributed by atoms with Crippen molar-refractivity contribution in [3.05, 3.63) is 82.8 Å². The van der Waals surface area contributed by atoms with Gasteiger partial charge in [-0.25, -0.2) is 0 Å². The van der Waals surface area contributed by atoms with Gasteiger partial charge in [0.1, 0.15) is 5.60 Å². The third-order valence-corrected chi connectivity index (χ3v) is 6.76. The van der Waals surface area contributed by atoms with Crippen LogP contribution < -0.4 is 5.32 Å². The molecule has 4 rings (SSSR count). The number of carbonyl (C=O) groups excluding carboxylic acids is 2. The summed E-state index contributed by atoms with van der Waals surface area (Å²) in [4.78, 5) is 24.7. The van der Waals surface area contributed by atoms with E-state index >= 15 is 0 Å². The van der Waals surface area contributed by atoms with Gasteiger partial charge < -0.3 is 14.8 Å². The summed E-state index contributed by atoms with van der Waals surface area (Å²) in [5, 5.41) is 5.13. The zero-order valence-corrected chi connectivity index (χ0v) is 17.9.